The molecule has 3 aromatic heterocycles. The van der Waals surface area contributed by atoms with Crippen molar-refractivity contribution in [3.63, 3.8) is 0 Å². The minimum absolute atomic E-state index is 0.415. The summed E-state index contributed by atoms with van der Waals surface area (Å²) in [4.78, 5) is 4.40. The number of nitrogens with one attached hydrogen (secondary N) is 1. The second-order valence-electron chi connectivity index (χ2n) is 5.42. The summed E-state index contributed by atoms with van der Waals surface area (Å²) in [6.45, 7) is 3.89. The van der Waals surface area contributed by atoms with Gasteiger partial charge < -0.3 is 10.4 Å². The first-order valence-corrected chi connectivity index (χ1v) is 7.23. The van der Waals surface area contributed by atoms with Crippen molar-refractivity contribution in [3.8, 4) is 0 Å². The number of nitrogens with zero attached hydrogens (tertiary/aromatic N) is 5. The monoisotopic (exact) mass is 350 g/mol. The Labute approximate surface area is 129 Å². The van der Waals surface area contributed by atoms with E-state index >= 15 is 0 Å². The van der Waals surface area contributed by atoms with Crippen LogP contribution in [0.1, 0.15) is 13.8 Å². The van der Waals surface area contributed by atoms with Crippen LogP contribution in [0, 0.1) is 0 Å². The summed E-state index contributed by atoms with van der Waals surface area (Å²) in [5.74, 6) is 0.490. The summed E-state index contributed by atoms with van der Waals surface area (Å²) in [5, 5.41) is 21.4. The van der Waals surface area contributed by atoms with E-state index in [1.807, 2.05) is 18.3 Å². The average molecular weight is 351 g/mol. The molecule has 0 aromatic carbocycles. The molecular weight excluding hydrogens is 336 g/mol. The highest BCUT2D eigenvalue weighted by molar-refractivity contribution is 9.10. The van der Waals surface area contributed by atoms with Gasteiger partial charge in [-0.2, -0.15) is 10.1 Å². The number of halogens is 1. The molecule has 0 aliphatic rings. The van der Waals surface area contributed by atoms with E-state index in [1.165, 1.54) is 0 Å². The Balaban J connectivity index is 1.81. The number of fused-ring (bicyclic) bond motifs is 1. The Hall–Kier alpha value is -1.93. The second-order valence-corrected chi connectivity index (χ2v) is 6.28. The molecule has 0 saturated heterocycles. The van der Waals surface area contributed by atoms with Crippen LogP contribution < -0.4 is 5.32 Å². The number of anilines is 2. The van der Waals surface area contributed by atoms with E-state index in [-0.39, 0.29) is 0 Å². The Morgan fingerprint density at radius 2 is 2.24 bits per heavy atom. The maximum atomic E-state index is 9.78. The van der Waals surface area contributed by atoms with E-state index in [9.17, 15) is 5.11 Å². The summed E-state index contributed by atoms with van der Waals surface area (Å²) in [6.07, 6.45) is 5.31. The van der Waals surface area contributed by atoms with Crippen molar-refractivity contribution in [1.82, 2.24) is 24.4 Å². The lowest BCUT2D eigenvalue weighted by atomic mass is 10.1. The average Bonchev–Trinajstić information content (AvgIpc) is 2.95. The van der Waals surface area contributed by atoms with Crippen molar-refractivity contribution in [2.24, 2.45) is 0 Å². The molecule has 0 radical (unpaired) electrons. The fourth-order valence-electron chi connectivity index (χ4n) is 1.97. The first-order chi connectivity index (χ1) is 9.90. The molecule has 0 bridgehead atoms. The van der Waals surface area contributed by atoms with Gasteiger partial charge in [0.25, 0.3) is 0 Å². The van der Waals surface area contributed by atoms with Crippen molar-refractivity contribution in [1.29, 1.82) is 0 Å². The molecule has 110 valence electrons. The van der Waals surface area contributed by atoms with Gasteiger partial charge in [-0.1, -0.05) is 0 Å². The number of aromatic nitrogens is 5. The molecule has 0 aliphatic carbocycles. The number of pyridine rings is 1. The van der Waals surface area contributed by atoms with E-state index in [2.05, 4.69) is 36.4 Å². The smallest absolute Gasteiger partial charge is 0.247 e. The zero-order valence-electron chi connectivity index (χ0n) is 11.7. The molecule has 0 spiro atoms. The van der Waals surface area contributed by atoms with E-state index in [4.69, 9.17) is 0 Å². The predicted octanol–water partition coefficient (Wildman–Crippen LogP) is 2.20. The summed E-state index contributed by atoms with van der Waals surface area (Å²) in [6, 6.07) is 3.80. The number of rotatable bonds is 4. The minimum Gasteiger partial charge on any atom is -0.389 e. The summed E-state index contributed by atoms with van der Waals surface area (Å²) >= 11 is 3.44. The van der Waals surface area contributed by atoms with Crippen LogP contribution in [0.3, 0.4) is 0 Å². The summed E-state index contributed by atoms with van der Waals surface area (Å²) in [7, 11) is 0. The molecule has 3 heterocycles. The van der Waals surface area contributed by atoms with Crippen molar-refractivity contribution in [2.45, 2.75) is 26.0 Å². The Kier molecular flexibility index (Phi) is 3.42. The largest absolute Gasteiger partial charge is 0.389 e. The molecule has 3 aromatic rings. The third kappa shape index (κ3) is 3.22. The zero-order chi connectivity index (χ0) is 15.0. The number of hydrogen-bond acceptors (Lipinski definition) is 5. The molecule has 21 heavy (non-hydrogen) atoms. The fourth-order valence-corrected chi connectivity index (χ4v) is 2.39. The van der Waals surface area contributed by atoms with E-state index < -0.39 is 5.60 Å². The van der Waals surface area contributed by atoms with Gasteiger partial charge in [-0.3, -0.25) is 4.68 Å². The molecule has 2 N–H and O–H groups in total. The fraction of sp³-hybridized carbons (Fsp3) is 0.308. The maximum absolute atomic E-state index is 9.78. The summed E-state index contributed by atoms with van der Waals surface area (Å²) < 4.78 is 4.24. The van der Waals surface area contributed by atoms with Crippen molar-refractivity contribution in [2.75, 3.05) is 5.32 Å². The van der Waals surface area contributed by atoms with E-state index in [1.54, 1.807) is 35.4 Å². The lowest BCUT2D eigenvalue weighted by molar-refractivity contribution is 0.0578. The van der Waals surface area contributed by atoms with Gasteiger partial charge in [0.15, 0.2) is 5.65 Å². The van der Waals surface area contributed by atoms with Crippen LogP contribution >= 0.6 is 15.9 Å². The SMILES string of the molecule is CC(C)(O)Cn1cc(Nc2nc3c(Br)cccn3n2)cn1. The van der Waals surface area contributed by atoms with E-state index in [0.29, 0.717) is 12.5 Å². The molecule has 7 nitrogen and oxygen atoms in total. The van der Waals surface area contributed by atoms with Crippen LogP contribution in [0.15, 0.2) is 35.2 Å². The lowest BCUT2D eigenvalue weighted by Crippen LogP contribution is -2.26. The highest BCUT2D eigenvalue weighted by atomic mass is 79.9. The molecule has 0 unspecified atom stereocenters. The van der Waals surface area contributed by atoms with Gasteiger partial charge in [0, 0.05) is 12.4 Å². The van der Waals surface area contributed by atoms with Crippen LogP contribution in [-0.2, 0) is 6.54 Å². The minimum atomic E-state index is -0.810. The zero-order valence-corrected chi connectivity index (χ0v) is 13.2. The van der Waals surface area contributed by atoms with Crippen molar-refractivity contribution in [3.05, 3.63) is 35.2 Å². The van der Waals surface area contributed by atoms with Crippen molar-refractivity contribution >= 4 is 33.2 Å². The molecule has 0 atom stereocenters. The third-order valence-corrected chi connectivity index (χ3v) is 3.37. The van der Waals surface area contributed by atoms with Gasteiger partial charge in [-0.05, 0) is 41.9 Å². The van der Waals surface area contributed by atoms with Crippen molar-refractivity contribution < 1.29 is 5.11 Å². The first-order valence-electron chi connectivity index (χ1n) is 6.43. The van der Waals surface area contributed by atoms with Crippen LogP contribution in [0.5, 0.6) is 0 Å². The summed E-state index contributed by atoms with van der Waals surface area (Å²) in [5.41, 5.74) is 0.699. The topological polar surface area (TPSA) is 80.3 Å². The lowest BCUT2D eigenvalue weighted by Gasteiger charge is -2.16. The van der Waals surface area contributed by atoms with Crippen LogP contribution in [-0.4, -0.2) is 35.1 Å². The number of hydrogen-bond donors (Lipinski definition) is 2. The molecule has 8 heteroatoms. The Morgan fingerprint density at radius 1 is 1.43 bits per heavy atom. The normalized spacial score (nSPS) is 12.0. The molecule has 0 saturated carbocycles. The van der Waals surface area contributed by atoms with Gasteiger partial charge in [0.1, 0.15) is 0 Å². The van der Waals surface area contributed by atoms with Crippen LogP contribution in [0.4, 0.5) is 11.6 Å². The van der Waals surface area contributed by atoms with Gasteiger partial charge >= 0.3 is 0 Å². The molecule has 0 fully saturated rings. The highest BCUT2D eigenvalue weighted by Crippen LogP contribution is 2.19. The van der Waals surface area contributed by atoms with Crippen LogP contribution in [0.25, 0.3) is 5.65 Å². The highest BCUT2D eigenvalue weighted by Gasteiger charge is 2.14. The molecular formula is C13H15BrN6O. The standard InChI is InChI=1S/C13H15BrN6O/c1-13(2,21)8-19-7-9(6-15-19)16-12-17-11-10(14)4-3-5-20(11)18-12/h3-7,21H,8H2,1-2H3,(H,16,18). The quantitative estimate of drug-likeness (QED) is 0.753. The number of aliphatic hydroxyl groups is 1. The molecule has 0 aliphatic heterocycles. The Morgan fingerprint density at radius 3 is 2.95 bits per heavy atom. The van der Waals surface area contributed by atoms with Gasteiger partial charge in [0.2, 0.25) is 5.95 Å². The first kappa shape index (κ1) is 14.0. The van der Waals surface area contributed by atoms with Gasteiger partial charge in [-0.25, -0.2) is 4.52 Å². The van der Waals surface area contributed by atoms with E-state index in [0.717, 1.165) is 15.8 Å². The third-order valence-electron chi connectivity index (χ3n) is 2.75. The second kappa shape index (κ2) is 5.12. The van der Waals surface area contributed by atoms with Crippen LogP contribution in [0.2, 0.25) is 0 Å². The molecule has 3 rings (SSSR count). The van der Waals surface area contributed by atoms with Gasteiger partial charge in [0.05, 0.1) is 28.5 Å². The maximum Gasteiger partial charge on any atom is 0.247 e. The molecule has 0 amide bonds. The Bertz CT molecular complexity index is 772. The predicted molar refractivity (Wildman–Crippen MR) is 82.5 cm³/mol. The van der Waals surface area contributed by atoms with Gasteiger partial charge in [-0.15, -0.1) is 5.10 Å².